The summed E-state index contributed by atoms with van der Waals surface area (Å²) in [7, 11) is 2.01. The molecule has 0 amide bonds. The maximum Gasteiger partial charge on any atom is 0.0537 e. The molecule has 0 aliphatic carbocycles. The second-order valence-corrected chi connectivity index (χ2v) is 6.14. The lowest BCUT2D eigenvalue weighted by Crippen LogP contribution is -2.33. The van der Waals surface area contributed by atoms with Gasteiger partial charge in [-0.1, -0.05) is 0 Å². The first-order chi connectivity index (χ1) is 9.33. The Morgan fingerprint density at radius 1 is 1.37 bits per heavy atom. The Morgan fingerprint density at radius 2 is 2.32 bits per heavy atom. The van der Waals surface area contributed by atoms with Crippen molar-refractivity contribution in [3.63, 3.8) is 0 Å². The SMILES string of the molecule is Cn1cc(C2CCCN2CCC2CCCNC2)cn1. The number of nitrogens with one attached hydrogen (secondary N) is 1. The highest BCUT2D eigenvalue weighted by atomic mass is 15.3. The van der Waals surface area contributed by atoms with Crippen LogP contribution in [0.2, 0.25) is 0 Å². The largest absolute Gasteiger partial charge is 0.316 e. The van der Waals surface area contributed by atoms with Crippen LogP contribution in [0.1, 0.15) is 43.7 Å². The Balaban J connectivity index is 1.54. The molecule has 1 N–H and O–H groups in total. The fourth-order valence-corrected chi connectivity index (χ4v) is 3.60. The van der Waals surface area contributed by atoms with Gasteiger partial charge >= 0.3 is 0 Å². The van der Waals surface area contributed by atoms with Gasteiger partial charge in [0.05, 0.1) is 6.20 Å². The number of nitrogens with zero attached hydrogens (tertiary/aromatic N) is 3. The average Bonchev–Trinajstić information content (AvgIpc) is 3.06. The van der Waals surface area contributed by atoms with Crippen molar-refractivity contribution in [2.75, 3.05) is 26.2 Å². The fraction of sp³-hybridized carbons (Fsp3) is 0.800. The number of hydrogen-bond acceptors (Lipinski definition) is 3. The first-order valence-electron chi connectivity index (χ1n) is 7.76. The first-order valence-corrected chi connectivity index (χ1v) is 7.76. The molecule has 0 aromatic carbocycles. The lowest BCUT2D eigenvalue weighted by Gasteiger charge is -2.28. The number of likely N-dealkylation sites (tertiary alicyclic amines) is 1. The van der Waals surface area contributed by atoms with Crippen molar-refractivity contribution >= 4 is 0 Å². The summed E-state index contributed by atoms with van der Waals surface area (Å²) in [4.78, 5) is 2.67. The molecule has 106 valence electrons. The zero-order valence-electron chi connectivity index (χ0n) is 12.0. The number of hydrogen-bond donors (Lipinski definition) is 1. The highest BCUT2D eigenvalue weighted by Gasteiger charge is 2.27. The summed E-state index contributed by atoms with van der Waals surface area (Å²) in [6, 6.07) is 0.616. The molecule has 4 heteroatoms. The van der Waals surface area contributed by atoms with Gasteiger partial charge in [-0.15, -0.1) is 0 Å². The molecule has 2 saturated heterocycles. The first kappa shape index (κ1) is 13.1. The van der Waals surface area contributed by atoms with E-state index in [9.17, 15) is 0 Å². The second-order valence-electron chi connectivity index (χ2n) is 6.14. The number of piperidine rings is 1. The molecular formula is C15H26N4. The van der Waals surface area contributed by atoms with E-state index in [1.807, 2.05) is 17.9 Å². The molecule has 2 aliphatic heterocycles. The molecule has 3 rings (SSSR count). The van der Waals surface area contributed by atoms with Crippen molar-refractivity contribution in [1.29, 1.82) is 0 Å². The third kappa shape index (κ3) is 3.18. The van der Waals surface area contributed by atoms with E-state index in [-0.39, 0.29) is 0 Å². The lowest BCUT2D eigenvalue weighted by molar-refractivity contribution is 0.224. The molecule has 0 spiro atoms. The maximum absolute atomic E-state index is 4.33. The van der Waals surface area contributed by atoms with E-state index in [1.54, 1.807) is 0 Å². The van der Waals surface area contributed by atoms with E-state index in [2.05, 4.69) is 21.5 Å². The Bertz CT molecular complexity index is 395. The topological polar surface area (TPSA) is 33.1 Å². The van der Waals surface area contributed by atoms with E-state index >= 15 is 0 Å². The van der Waals surface area contributed by atoms with Crippen LogP contribution in [0.25, 0.3) is 0 Å². The van der Waals surface area contributed by atoms with Crippen molar-refractivity contribution in [1.82, 2.24) is 20.0 Å². The van der Waals surface area contributed by atoms with Crippen LogP contribution >= 0.6 is 0 Å². The van der Waals surface area contributed by atoms with Gasteiger partial charge < -0.3 is 5.32 Å². The molecule has 1 aromatic rings. The standard InChI is InChI=1S/C15H26N4/c1-18-12-14(11-17-18)15-5-3-8-19(15)9-6-13-4-2-7-16-10-13/h11-13,15-16H,2-10H2,1H3. The quantitative estimate of drug-likeness (QED) is 0.900. The fourth-order valence-electron chi connectivity index (χ4n) is 3.60. The van der Waals surface area contributed by atoms with Crippen LogP contribution in [0, 0.1) is 5.92 Å². The highest BCUT2D eigenvalue weighted by Crippen LogP contribution is 2.32. The number of rotatable bonds is 4. The molecule has 3 heterocycles. The molecule has 2 unspecified atom stereocenters. The smallest absolute Gasteiger partial charge is 0.0537 e. The van der Waals surface area contributed by atoms with Crippen LogP contribution in [0.5, 0.6) is 0 Å². The molecule has 0 radical (unpaired) electrons. The molecule has 19 heavy (non-hydrogen) atoms. The Morgan fingerprint density at radius 3 is 3.05 bits per heavy atom. The lowest BCUT2D eigenvalue weighted by atomic mass is 9.96. The number of aromatic nitrogens is 2. The molecule has 1 aromatic heterocycles. The van der Waals surface area contributed by atoms with Gasteiger partial charge in [-0.2, -0.15) is 5.10 Å². The van der Waals surface area contributed by atoms with Crippen LogP contribution in [0.4, 0.5) is 0 Å². The molecule has 0 saturated carbocycles. The molecule has 2 fully saturated rings. The van der Waals surface area contributed by atoms with Crippen LogP contribution in [-0.4, -0.2) is 40.9 Å². The van der Waals surface area contributed by atoms with Crippen LogP contribution in [-0.2, 0) is 7.05 Å². The molecule has 2 aliphatic rings. The summed E-state index contributed by atoms with van der Waals surface area (Å²) in [5, 5.41) is 7.85. The minimum atomic E-state index is 0.616. The van der Waals surface area contributed by atoms with Crippen LogP contribution < -0.4 is 5.32 Å². The second kappa shape index (κ2) is 6.06. The van der Waals surface area contributed by atoms with Gasteiger partial charge in [-0.25, -0.2) is 0 Å². The van der Waals surface area contributed by atoms with E-state index in [4.69, 9.17) is 0 Å². The summed E-state index contributed by atoms with van der Waals surface area (Å²) >= 11 is 0. The monoisotopic (exact) mass is 262 g/mol. The molecule has 2 atom stereocenters. The minimum Gasteiger partial charge on any atom is -0.316 e. The van der Waals surface area contributed by atoms with E-state index in [0.29, 0.717) is 6.04 Å². The summed E-state index contributed by atoms with van der Waals surface area (Å²) in [6.07, 6.45) is 11.0. The van der Waals surface area contributed by atoms with Gasteiger partial charge in [0.2, 0.25) is 0 Å². The van der Waals surface area contributed by atoms with E-state index in [0.717, 1.165) is 5.92 Å². The van der Waals surface area contributed by atoms with Crippen molar-refractivity contribution in [3.8, 4) is 0 Å². The molecule has 4 nitrogen and oxygen atoms in total. The predicted octanol–water partition coefficient (Wildman–Crippen LogP) is 1.95. The zero-order valence-corrected chi connectivity index (χ0v) is 12.0. The summed E-state index contributed by atoms with van der Waals surface area (Å²) in [5.41, 5.74) is 1.40. The van der Waals surface area contributed by atoms with E-state index in [1.165, 1.54) is 63.8 Å². The predicted molar refractivity (Wildman–Crippen MR) is 77.0 cm³/mol. The van der Waals surface area contributed by atoms with Crippen LogP contribution in [0.15, 0.2) is 12.4 Å². The minimum absolute atomic E-state index is 0.616. The number of aryl methyl sites for hydroxylation is 1. The van der Waals surface area contributed by atoms with Crippen molar-refractivity contribution < 1.29 is 0 Å². The summed E-state index contributed by atoms with van der Waals surface area (Å²) < 4.78 is 1.93. The Kier molecular flexibility index (Phi) is 4.18. The maximum atomic E-state index is 4.33. The van der Waals surface area contributed by atoms with Gasteiger partial charge in [-0.3, -0.25) is 9.58 Å². The van der Waals surface area contributed by atoms with Gasteiger partial charge in [-0.05, 0) is 64.2 Å². The normalized spacial score (nSPS) is 28.9. The van der Waals surface area contributed by atoms with Crippen LogP contribution in [0.3, 0.4) is 0 Å². The van der Waals surface area contributed by atoms with E-state index < -0.39 is 0 Å². The Labute approximate surface area is 116 Å². The molecule has 0 bridgehead atoms. The van der Waals surface area contributed by atoms with Gasteiger partial charge in [0, 0.05) is 24.8 Å². The van der Waals surface area contributed by atoms with Crippen molar-refractivity contribution in [2.45, 2.75) is 38.1 Å². The summed E-state index contributed by atoms with van der Waals surface area (Å²) in [5.74, 6) is 0.892. The van der Waals surface area contributed by atoms with Gasteiger partial charge in [0.1, 0.15) is 0 Å². The molecular weight excluding hydrogens is 236 g/mol. The van der Waals surface area contributed by atoms with Gasteiger partial charge in [0.15, 0.2) is 0 Å². The Hall–Kier alpha value is -0.870. The summed E-state index contributed by atoms with van der Waals surface area (Å²) in [6.45, 7) is 4.97. The zero-order chi connectivity index (χ0) is 13.1. The highest BCUT2D eigenvalue weighted by molar-refractivity contribution is 5.12. The van der Waals surface area contributed by atoms with Gasteiger partial charge in [0.25, 0.3) is 0 Å². The van der Waals surface area contributed by atoms with Crippen molar-refractivity contribution in [3.05, 3.63) is 18.0 Å². The third-order valence-corrected chi connectivity index (χ3v) is 4.70. The third-order valence-electron chi connectivity index (χ3n) is 4.70. The average molecular weight is 262 g/mol. The van der Waals surface area contributed by atoms with Crippen molar-refractivity contribution in [2.24, 2.45) is 13.0 Å².